The van der Waals surface area contributed by atoms with E-state index in [1.165, 1.54) is 19.3 Å². The molecule has 0 rings (SSSR count). The van der Waals surface area contributed by atoms with Crippen LogP contribution in [0.25, 0.3) is 0 Å². The van der Waals surface area contributed by atoms with Crippen molar-refractivity contribution in [3.8, 4) is 0 Å². The lowest BCUT2D eigenvalue weighted by molar-refractivity contribution is -0.870. The van der Waals surface area contributed by atoms with Crippen LogP contribution in [0.2, 0.25) is 0 Å². The SMILES string of the molecule is CC/C=C\C/C=C\C/C=C\C/C=C\C/C=C\C/C=C\C/C=C\C/C=C\C/C=C\CCCCCCCC(=O)NC(COP(=O)(O)OCC[N+](C)(C)C)C(O)C(O)CCC/C=C/CC/C=C/CCCCC. The van der Waals surface area contributed by atoms with Gasteiger partial charge in [-0.3, -0.25) is 13.8 Å². The number of unbranched alkanes of at least 4 members (excludes halogenated alkanes) is 10. The number of allylic oxidation sites excluding steroid dienone is 22. The van der Waals surface area contributed by atoms with Crippen LogP contribution in [0.5, 0.6) is 0 Å². The first-order chi connectivity index (χ1) is 33.4. The van der Waals surface area contributed by atoms with Gasteiger partial charge < -0.3 is 24.9 Å². The molecule has 0 radical (unpaired) electrons. The quantitative estimate of drug-likeness (QED) is 0.0207. The Kier molecular flexibility index (Phi) is 45.9. The predicted molar refractivity (Wildman–Crippen MR) is 296 cm³/mol. The lowest BCUT2D eigenvalue weighted by Gasteiger charge is -2.28. The second-order valence-electron chi connectivity index (χ2n) is 18.6. The van der Waals surface area contributed by atoms with Crippen LogP contribution in [0.15, 0.2) is 134 Å². The molecule has 1 amide bonds. The summed E-state index contributed by atoms with van der Waals surface area (Å²) in [5, 5.41) is 24.7. The van der Waals surface area contributed by atoms with Crippen LogP contribution < -0.4 is 5.32 Å². The summed E-state index contributed by atoms with van der Waals surface area (Å²) in [5.74, 6) is -0.299. The van der Waals surface area contributed by atoms with Crippen molar-refractivity contribution in [2.75, 3.05) is 40.9 Å². The summed E-state index contributed by atoms with van der Waals surface area (Å²) in [5.41, 5.74) is 0. The number of rotatable bonds is 46. The maximum absolute atomic E-state index is 13.0. The number of nitrogens with zero attached hydrogens (tertiary/aromatic N) is 1. The van der Waals surface area contributed by atoms with Gasteiger partial charge in [-0.25, -0.2) is 4.57 Å². The standard InChI is InChI=1S/C59H99N2O7P/c1-6-8-10-12-14-16-18-20-21-22-23-24-25-26-27-28-29-30-31-32-33-34-35-36-37-38-39-40-42-44-46-48-50-52-58(63)60-56(55-68-69(65,66)67-54-53-61(3,4)5)59(64)57(62)51-49-47-45-43-41-19-17-15-13-11-9-7-2/h8,10,14-17,20-21,23-24,26-27,29-30,32-33,35-36,38-39,43,45,56-57,59,62,64H,6-7,9,11-13,18-19,22,25,28,31,34,37,40-42,44,46-55H2,1-5H3,(H-,60,63,65,66)/p+1/b10-8-,16-14-,17-15+,21-20-,24-23-,27-26-,30-29-,33-32-,36-35-,39-38-,45-43+. The van der Waals surface area contributed by atoms with Crippen molar-refractivity contribution in [1.29, 1.82) is 0 Å². The highest BCUT2D eigenvalue weighted by molar-refractivity contribution is 7.47. The molecule has 0 heterocycles. The van der Waals surface area contributed by atoms with E-state index in [4.69, 9.17) is 9.05 Å². The molecule has 0 saturated heterocycles. The topological polar surface area (TPSA) is 125 Å². The third kappa shape index (κ3) is 49.4. The molecule has 4 N–H and O–H groups in total. The Morgan fingerprint density at radius 3 is 1.38 bits per heavy atom. The Bertz CT molecular complexity index is 1600. The highest BCUT2D eigenvalue weighted by atomic mass is 31.2. The molecular weight excluding hydrogens is 880 g/mol. The van der Waals surface area contributed by atoms with Crippen LogP contribution in [0.4, 0.5) is 0 Å². The number of hydrogen-bond acceptors (Lipinski definition) is 6. The zero-order chi connectivity index (χ0) is 50.8. The van der Waals surface area contributed by atoms with E-state index in [1.807, 2.05) is 21.1 Å². The first kappa shape index (κ1) is 65.6. The molecule has 10 heteroatoms. The molecule has 9 nitrogen and oxygen atoms in total. The van der Waals surface area contributed by atoms with Crippen LogP contribution in [0.1, 0.15) is 174 Å². The van der Waals surface area contributed by atoms with E-state index in [2.05, 4.69) is 153 Å². The van der Waals surface area contributed by atoms with E-state index in [0.29, 0.717) is 30.3 Å². The first-order valence-corrected chi connectivity index (χ1v) is 28.1. The molecular formula is C59H100N2O7P+. The molecule has 0 saturated carbocycles. The van der Waals surface area contributed by atoms with E-state index in [1.54, 1.807) is 0 Å². The fraction of sp³-hybridized carbons (Fsp3) is 0.610. The van der Waals surface area contributed by atoms with Gasteiger partial charge in [0.1, 0.15) is 19.3 Å². The maximum atomic E-state index is 13.0. The van der Waals surface area contributed by atoms with Gasteiger partial charge in [0.2, 0.25) is 5.91 Å². The maximum Gasteiger partial charge on any atom is 0.472 e. The molecule has 0 aliphatic rings. The first-order valence-electron chi connectivity index (χ1n) is 26.6. The number of quaternary nitrogens is 1. The molecule has 392 valence electrons. The summed E-state index contributed by atoms with van der Waals surface area (Å²) >= 11 is 0. The smallest absolute Gasteiger partial charge is 0.390 e. The molecule has 0 spiro atoms. The second kappa shape index (κ2) is 48.2. The van der Waals surface area contributed by atoms with E-state index in [-0.39, 0.29) is 18.9 Å². The van der Waals surface area contributed by atoms with Crippen molar-refractivity contribution in [2.24, 2.45) is 0 Å². The van der Waals surface area contributed by atoms with Crippen LogP contribution in [-0.2, 0) is 18.4 Å². The molecule has 4 unspecified atom stereocenters. The number of phosphoric ester groups is 1. The molecule has 69 heavy (non-hydrogen) atoms. The van der Waals surface area contributed by atoms with Crippen molar-refractivity contribution >= 4 is 13.7 Å². The van der Waals surface area contributed by atoms with E-state index >= 15 is 0 Å². The predicted octanol–water partition coefficient (Wildman–Crippen LogP) is 14.9. The fourth-order valence-electron chi connectivity index (χ4n) is 6.74. The Labute approximate surface area is 422 Å². The van der Waals surface area contributed by atoms with Gasteiger partial charge >= 0.3 is 7.82 Å². The lowest BCUT2D eigenvalue weighted by atomic mass is 10.0. The van der Waals surface area contributed by atoms with E-state index in [9.17, 15) is 24.5 Å². The van der Waals surface area contributed by atoms with Crippen molar-refractivity contribution in [3.05, 3.63) is 134 Å². The normalized spacial score (nSPS) is 15.5. The van der Waals surface area contributed by atoms with Gasteiger partial charge in [0, 0.05) is 6.42 Å². The van der Waals surface area contributed by atoms with Gasteiger partial charge in [-0.05, 0) is 122 Å². The molecule has 0 fully saturated rings. The number of phosphoric acid groups is 1. The zero-order valence-electron chi connectivity index (χ0n) is 44.1. The van der Waals surface area contributed by atoms with Crippen molar-refractivity contribution in [2.45, 2.75) is 193 Å². The Balaban J connectivity index is 4.36. The summed E-state index contributed by atoms with van der Waals surface area (Å²) in [6, 6.07) is -1.08. The highest BCUT2D eigenvalue weighted by Gasteiger charge is 2.31. The molecule has 0 aromatic heterocycles. The van der Waals surface area contributed by atoms with Crippen LogP contribution in [0.3, 0.4) is 0 Å². The van der Waals surface area contributed by atoms with Crippen LogP contribution in [0, 0.1) is 0 Å². The molecule has 4 atom stereocenters. The fourth-order valence-corrected chi connectivity index (χ4v) is 7.47. The minimum Gasteiger partial charge on any atom is -0.390 e. The zero-order valence-corrected chi connectivity index (χ0v) is 45.0. The summed E-state index contributed by atoms with van der Waals surface area (Å²) < 4.78 is 23.5. The Hall–Kier alpha value is -3.40. The highest BCUT2D eigenvalue weighted by Crippen LogP contribution is 2.43. The third-order valence-corrected chi connectivity index (χ3v) is 11.9. The molecule has 0 bridgehead atoms. The van der Waals surface area contributed by atoms with Gasteiger partial charge in [-0.2, -0.15) is 0 Å². The average Bonchev–Trinajstić information content (AvgIpc) is 3.31. The Morgan fingerprint density at radius 1 is 0.522 bits per heavy atom. The number of carbonyl (C=O) groups excluding carboxylic acids is 1. The number of aliphatic hydroxyl groups is 2. The number of amides is 1. The number of carbonyl (C=O) groups is 1. The number of aliphatic hydroxyl groups excluding tert-OH is 2. The summed E-state index contributed by atoms with van der Waals surface area (Å²) in [4.78, 5) is 23.3. The summed E-state index contributed by atoms with van der Waals surface area (Å²) in [6.07, 6.45) is 69.6. The van der Waals surface area contributed by atoms with Gasteiger partial charge in [0.15, 0.2) is 0 Å². The average molecular weight is 980 g/mol. The van der Waals surface area contributed by atoms with Crippen molar-refractivity contribution < 1.29 is 38.0 Å². The molecule has 0 aliphatic carbocycles. The molecule has 0 aromatic rings. The van der Waals surface area contributed by atoms with E-state index in [0.717, 1.165) is 116 Å². The molecule has 0 aromatic carbocycles. The lowest BCUT2D eigenvalue weighted by Crippen LogP contribution is -2.51. The van der Waals surface area contributed by atoms with Gasteiger partial charge in [-0.1, -0.05) is 180 Å². The monoisotopic (exact) mass is 980 g/mol. The number of likely N-dealkylation sites (N-methyl/N-ethyl adjacent to an activating group) is 1. The summed E-state index contributed by atoms with van der Waals surface area (Å²) in [7, 11) is 1.37. The van der Waals surface area contributed by atoms with E-state index < -0.39 is 32.7 Å². The Morgan fingerprint density at radius 2 is 0.913 bits per heavy atom. The largest absolute Gasteiger partial charge is 0.472 e. The van der Waals surface area contributed by atoms with Crippen LogP contribution in [-0.4, -0.2) is 84.6 Å². The minimum atomic E-state index is -4.45. The minimum absolute atomic E-state index is 0.00161. The number of hydrogen-bond donors (Lipinski definition) is 4. The third-order valence-electron chi connectivity index (χ3n) is 11.0. The summed E-state index contributed by atoms with van der Waals surface area (Å²) in [6.45, 7) is 4.38. The van der Waals surface area contributed by atoms with Crippen LogP contribution >= 0.6 is 7.82 Å². The molecule has 0 aliphatic heterocycles. The van der Waals surface area contributed by atoms with Gasteiger partial charge in [-0.15, -0.1) is 0 Å². The van der Waals surface area contributed by atoms with Gasteiger partial charge in [0.05, 0.1) is 39.9 Å². The van der Waals surface area contributed by atoms with Gasteiger partial charge in [0.25, 0.3) is 0 Å². The van der Waals surface area contributed by atoms with Crippen molar-refractivity contribution in [1.82, 2.24) is 5.32 Å². The second-order valence-corrected chi connectivity index (χ2v) is 20.1. The van der Waals surface area contributed by atoms with Crippen molar-refractivity contribution in [3.63, 3.8) is 0 Å². The number of nitrogens with one attached hydrogen (secondary N) is 1.